The van der Waals surface area contributed by atoms with Gasteiger partial charge in [0.2, 0.25) is 0 Å². The third kappa shape index (κ3) is 2.26. The zero-order chi connectivity index (χ0) is 7.23. The summed E-state index contributed by atoms with van der Waals surface area (Å²) in [5.74, 6) is 0. The summed E-state index contributed by atoms with van der Waals surface area (Å²) in [6.45, 7) is 4.37. The molecule has 0 radical (unpaired) electrons. The van der Waals surface area contributed by atoms with Gasteiger partial charge in [0.25, 0.3) is 0 Å². The summed E-state index contributed by atoms with van der Waals surface area (Å²) >= 11 is 0. The lowest BCUT2D eigenvalue weighted by Gasteiger charge is -1.89. The Morgan fingerprint density at radius 2 is 2.50 bits per heavy atom. The van der Waals surface area contributed by atoms with E-state index in [-0.39, 0.29) is 0 Å². The topological polar surface area (TPSA) is 36.8 Å². The van der Waals surface area contributed by atoms with Crippen LogP contribution in [-0.2, 0) is 0 Å². The second-order valence-corrected chi connectivity index (χ2v) is 1.81. The number of rotatable bonds is 0. The molecule has 1 aliphatic rings. The van der Waals surface area contributed by atoms with Crippen LogP contribution in [0.4, 0.5) is 0 Å². The largest absolute Gasteiger partial charge is 0.371 e. The van der Waals surface area contributed by atoms with Crippen LogP contribution in [0.2, 0.25) is 0 Å². The molecule has 0 aromatic rings. The maximum Gasteiger partial charge on any atom is 0.0889 e. The number of allylic oxidation sites excluding steroid dienone is 1. The third-order valence-electron chi connectivity index (χ3n) is 0.989. The second-order valence-electron chi connectivity index (χ2n) is 1.81. The third-order valence-corrected chi connectivity index (χ3v) is 0.989. The van der Waals surface area contributed by atoms with E-state index in [4.69, 9.17) is 0 Å². The maximum atomic E-state index is 3.95. The van der Waals surface area contributed by atoms with E-state index in [1.165, 1.54) is 0 Å². The fourth-order valence-electron chi connectivity index (χ4n) is 0.520. The molecule has 10 heavy (non-hydrogen) atoms. The quantitative estimate of drug-likeness (QED) is 0.522. The van der Waals surface area contributed by atoms with Crippen LogP contribution in [0.3, 0.4) is 0 Å². The van der Waals surface area contributed by atoms with Crippen LogP contribution in [-0.4, -0.2) is 19.1 Å². The standard InChI is InChI=1S/C7H9N3/c1-7-2-3-8-4-5-9-6-10-7/h2-4,6H,1,5H2,(H,9,10)/b3-2-,8-4?. The van der Waals surface area contributed by atoms with Crippen molar-refractivity contribution in [1.29, 1.82) is 0 Å². The Balaban J connectivity index is 2.64. The number of hydrogen-bond donors (Lipinski definition) is 1. The summed E-state index contributed by atoms with van der Waals surface area (Å²) in [5, 5.41) is 2.92. The van der Waals surface area contributed by atoms with Crippen LogP contribution >= 0.6 is 0 Å². The zero-order valence-electron chi connectivity index (χ0n) is 5.62. The van der Waals surface area contributed by atoms with Gasteiger partial charge in [-0.05, 0) is 6.08 Å². The van der Waals surface area contributed by atoms with Crippen molar-refractivity contribution in [2.75, 3.05) is 6.54 Å². The summed E-state index contributed by atoms with van der Waals surface area (Å²) in [4.78, 5) is 7.88. The highest BCUT2D eigenvalue weighted by atomic mass is 14.9. The van der Waals surface area contributed by atoms with Gasteiger partial charge >= 0.3 is 0 Å². The molecule has 0 saturated carbocycles. The van der Waals surface area contributed by atoms with Crippen molar-refractivity contribution < 1.29 is 0 Å². The molecule has 0 bridgehead atoms. The second kappa shape index (κ2) is 3.61. The first-order valence-corrected chi connectivity index (χ1v) is 3.02. The molecule has 1 N–H and O–H groups in total. The Bertz CT molecular complexity index is 201. The molecular formula is C7H9N3. The van der Waals surface area contributed by atoms with Crippen molar-refractivity contribution in [1.82, 2.24) is 5.32 Å². The smallest absolute Gasteiger partial charge is 0.0889 e. The van der Waals surface area contributed by atoms with Gasteiger partial charge in [0.15, 0.2) is 0 Å². The number of nitrogens with one attached hydrogen (secondary N) is 1. The van der Waals surface area contributed by atoms with Crippen LogP contribution in [0.5, 0.6) is 0 Å². The van der Waals surface area contributed by atoms with Gasteiger partial charge in [0.1, 0.15) is 0 Å². The monoisotopic (exact) mass is 135 g/mol. The van der Waals surface area contributed by atoms with Crippen molar-refractivity contribution in [2.45, 2.75) is 0 Å². The van der Waals surface area contributed by atoms with Gasteiger partial charge in [-0.2, -0.15) is 0 Å². The summed E-state index contributed by atoms with van der Waals surface area (Å²) in [7, 11) is 0. The molecule has 0 spiro atoms. The fourth-order valence-corrected chi connectivity index (χ4v) is 0.520. The predicted octanol–water partition coefficient (Wildman–Crippen LogP) is 0.716. The molecule has 52 valence electrons. The minimum atomic E-state index is 0.701. The average molecular weight is 135 g/mol. The van der Waals surface area contributed by atoms with Crippen LogP contribution in [0.15, 0.2) is 34.5 Å². The van der Waals surface area contributed by atoms with E-state index in [0.717, 1.165) is 0 Å². The van der Waals surface area contributed by atoms with Crippen molar-refractivity contribution in [3.63, 3.8) is 0 Å². The molecule has 3 nitrogen and oxygen atoms in total. The normalized spacial score (nSPS) is 20.6. The first kappa shape index (κ1) is 6.74. The Kier molecular flexibility index (Phi) is 2.43. The molecular weight excluding hydrogens is 126 g/mol. The van der Waals surface area contributed by atoms with Crippen molar-refractivity contribution in [3.05, 3.63) is 24.6 Å². The van der Waals surface area contributed by atoms with Gasteiger partial charge in [0.05, 0.1) is 18.6 Å². The molecule has 3 heteroatoms. The molecule has 1 aliphatic heterocycles. The predicted molar refractivity (Wildman–Crippen MR) is 43.3 cm³/mol. The lowest BCUT2D eigenvalue weighted by molar-refractivity contribution is 1.12. The van der Waals surface area contributed by atoms with Crippen LogP contribution < -0.4 is 5.32 Å². The van der Waals surface area contributed by atoms with Gasteiger partial charge in [-0.15, -0.1) is 0 Å². The summed E-state index contributed by atoms with van der Waals surface area (Å²) in [5.41, 5.74) is 0.701. The lowest BCUT2D eigenvalue weighted by atomic mass is 10.5. The van der Waals surface area contributed by atoms with Gasteiger partial charge < -0.3 is 5.32 Å². The van der Waals surface area contributed by atoms with Crippen LogP contribution in [0.25, 0.3) is 0 Å². The van der Waals surface area contributed by atoms with Crippen molar-refractivity contribution in [2.24, 2.45) is 9.98 Å². The highest BCUT2D eigenvalue weighted by Gasteiger charge is 1.81. The average Bonchev–Trinajstić information content (AvgIpc) is 2.02. The van der Waals surface area contributed by atoms with Crippen LogP contribution in [0, 0.1) is 0 Å². The summed E-state index contributed by atoms with van der Waals surface area (Å²) in [6.07, 6.45) is 6.80. The molecule has 0 saturated heterocycles. The van der Waals surface area contributed by atoms with E-state index >= 15 is 0 Å². The zero-order valence-corrected chi connectivity index (χ0v) is 5.62. The molecule has 0 aromatic carbocycles. The van der Waals surface area contributed by atoms with Gasteiger partial charge in [-0.25, -0.2) is 4.99 Å². The van der Waals surface area contributed by atoms with E-state index in [9.17, 15) is 0 Å². The Morgan fingerprint density at radius 1 is 1.60 bits per heavy atom. The van der Waals surface area contributed by atoms with Crippen LogP contribution in [0.1, 0.15) is 0 Å². The highest BCUT2D eigenvalue weighted by Crippen LogP contribution is 1.93. The Hall–Kier alpha value is -1.38. The van der Waals surface area contributed by atoms with Gasteiger partial charge in [0, 0.05) is 12.4 Å². The number of hydrogen-bond acceptors (Lipinski definition) is 3. The highest BCUT2D eigenvalue weighted by molar-refractivity contribution is 5.67. The van der Waals surface area contributed by atoms with Gasteiger partial charge in [-0.1, -0.05) is 6.58 Å². The van der Waals surface area contributed by atoms with E-state index < -0.39 is 0 Å². The minimum absolute atomic E-state index is 0.701. The molecule has 0 fully saturated rings. The Morgan fingerprint density at radius 3 is 3.40 bits per heavy atom. The summed E-state index contributed by atoms with van der Waals surface area (Å²) in [6, 6.07) is 0. The molecule has 1 rings (SSSR count). The lowest BCUT2D eigenvalue weighted by Crippen LogP contribution is -2.12. The molecule has 0 amide bonds. The van der Waals surface area contributed by atoms with E-state index in [1.807, 2.05) is 0 Å². The van der Waals surface area contributed by atoms with E-state index in [2.05, 4.69) is 21.9 Å². The van der Waals surface area contributed by atoms with Crippen molar-refractivity contribution in [3.8, 4) is 0 Å². The minimum Gasteiger partial charge on any atom is -0.371 e. The number of nitrogens with zero attached hydrogens (tertiary/aromatic N) is 2. The van der Waals surface area contributed by atoms with E-state index in [0.29, 0.717) is 12.2 Å². The van der Waals surface area contributed by atoms with Crippen molar-refractivity contribution >= 4 is 12.6 Å². The molecule has 0 atom stereocenters. The Labute approximate surface area is 59.9 Å². The molecule has 0 aromatic heterocycles. The molecule has 0 aliphatic carbocycles. The SMILES string of the molecule is C=C1/C=C\N=CCNC=N1. The summed E-state index contributed by atoms with van der Waals surface area (Å²) < 4.78 is 0. The molecule has 1 heterocycles. The fraction of sp³-hybridized carbons (Fsp3) is 0.143. The first-order chi connectivity index (χ1) is 4.89. The van der Waals surface area contributed by atoms with E-state index in [1.54, 1.807) is 24.8 Å². The maximum absolute atomic E-state index is 3.95. The first-order valence-electron chi connectivity index (χ1n) is 3.02. The van der Waals surface area contributed by atoms with Gasteiger partial charge in [-0.3, -0.25) is 4.99 Å². The molecule has 0 unspecified atom stereocenters. The number of aliphatic imine (C=N–C) groups is 2.